The van der Waals surface area contributed by atoms with Gasteiger partial charge >= 0.3 is 5.97 Å². The van der Waals surface area contributed by atoms with Crippen LogP contribution >= 0.6 is 27.7 Å². The summed E-state index contributed by atoms with van der Waals surface area (Å²) in [5, 5.41) is 2.95. The topological polar surface area (TPSA) is 85.4 Å². The Labute approximate surface area is 194 Å². The monoisotopic (exact) mass is 504 g/mol. The van der Waals surface area contributed by atoms with Crippen LogP contribution in [0.25, 0.3) is 0 Å². The third-order valence-electron chi connectivity index (χ3n) is 5.48. The molecule has 0 bridgehead atoms. The van der Waals surface area contributed by atoms with Gasteiger partial charge in [0.25, 0.3) is 0 Å². The third-order valence-corrected chi connectivity index (χ3v) is 6.90. The Hall–Kier alpha value is -2.19. The minimum atomic E-state index is -0.369. The summed E-state index contributed by atoms with van der Waals surface area (Å²) in [6, 6.07) is 9.78. The first-order valence-corrected chi connectivity index (χ1v) is 11.9. The molecule has 0 spiro atoms. The number of benzene rings is 1. The second kappa shape index (κ2) is 10.9. The number of aryl methyl sites for hydroxylation is 2. The average Bonchev–Trinajstić information content (AvgIpc) is 3.15. The Morgan fingerprint density at radius 1 is 1.32 bits per heavy atom. The van der Waals surface area contributed by atoms with Crippen LogP contribution in [0.1, 0.15) is 42.4 Å². The van der Waals surface area contributed by atoms with Crippen molar-refractivity contribution in [2.24, 2.45) is 5.92 Å². The fraction of sp³-hybridized carbons (Fsp3) is 0.391. The number of halogens is 1. The molecule has 0 saturated carbocycles. The predicted molar refractivity (Wildman–Crippen MR) is 125 cm³/mol. The van der Waals surface area contributed by atoms with Gasteiger partial charge in [-0.1, -0.05) is 39.8 Å². The van der Waals surface area contributed by atoms with Crippen LogP contribution in [0.2, 0.25) is 0 Å². The first-order chi connectivity index (χ1) is 14.9. The van der Waals surface area contributed by atoms with Crippen molar-refractivity contribution in [3.8, 4) is 0 Å². The number of nitrogens with one attached hydrogen (secondary N) is 1. The summed E-state index contributed by atoms with van der Waals surface area (Å²) < 4.78 is 5.73. The Bertz CT molecular complexity index is 982. The average molecular weight is 505 g/mol. The molecule has 1 aliphatic rings. The zero-order valence-corrected chi connectivity index (χ0v) is 19.9. The van der Waals surface area contributed by atoms with Crippen molar-refractivity contribution >= 4 is 50.5 Å². The molecule has 0 aliphatic heterocycles. The first kappa shape index (κ1) is 23.5. The van der Waals surface area contributed by atoms with Crippen molar-refractivity contribution < 1.29 is 19.1 Å². The number of thioether (sulfide) groups is 1. The van der Waals surface area contributed by atoms with E-state index in [1.807, 2.05) is 12.1 Å². The number of nitrogens with zero attached hydrogens (tertiary/aromatic N) is 1. The number of amides is 1. The van der Waals surface area contributed by atoms with Crippen molar-refractivity contribution in [1.82, 2.24) is 4.98 Å². The molecule has 2 aromatic rings. The Kier molecular flexibility index (Phi) is 8.26. The molecule has 2 atom stereocenters. The van der Waals surface area contributed by atoms with Crippen LogP contribution in [0, 0.1) is 5.92 Å². The largest absolute Gasteiger partial charge is 0.469 e. The molecule has 0 radical (unpaired) electrons. The van der Waals surface area contributed by atoms with E-state index in [0.29, 0.717) is 18.0 Å². The Morgan fingerprint density at radius 3 is 2.87 bits per heavy atom. The molecule has 0 fully saturated rings. The normalized spacial score (nSPS) is 15.8. The zero-order chi connectivity index (χ0) is 22.4. The second-order valence-electron chi connectivity index (χ2n) is 7.47. The summed E-state index contributed by atoms with van der Waals surface area (Å²) in [6.07, 6.45) is 4.00. The summed E-state index contributed by atoms with van der Waals surface area (Å²) in [5.41, 5.74) is 3.18. The van der Waals surface area contributed by atoms with Gasteiger partial charge in [-0.2, -0.15) is 0 Å². The van der Waals surface area contributed by atoms with Crippen molar-refractivity contribution in [1.29, 1.82) is 0 Å². The van der Waals surface area contributed by atoms with Gasteiger partial charge < -0.3 is 10.1 Å². The van der Waals surface area contributed by atoms with Crippen LogP contribution in [-0.2, 0) is 32.0 Å². The number of aromatic nitrogens is 1. The standard InChI is InChI=1S/C23H25BrN2O4S/c1-14(27)31-13-20(19-8-5-16-12-17(24)7-9-18(16)19)23(29)26-22-15(4-3-11-25-22)6-10-21(28)30-2/h3-4,7,9,11-12,19-20H,5-6,8,10,13H2,1-2H3,(H,25,26,29). The maximum absolute atomic E-state index is 13.4. The second-order valence-corrected chi connectivity index (χ2v) is 9.59. The molecule has 2 unspecified atom stereocenters. The lowest BCUT2D eigenvalue weighted by Crippen LogP contribution is -2.30. The highest BCUT2D eigenvalue weighted by molar-refractivity contribution is 9.10. The SMILES string of the molecule is COC(=O)CCc1cccnc1NC(=O)C(CSC(C)=O)C1CCc2cc(Br)ccc21. The third kappa shape index (κ3) is 6.17. The first-order valence-electron chi connectivity index (χ1n) is 10.1. The summed E-state index contributed by atoms with van der Waals surface area (Å²) in [7, 11) is 1.35. The minimum absolute atomic E-state index is 0.0107. The maximum atomic E-state index is 13.4. The highest BCUT2D eigenvalue weighted by atomic mass is 79.9. The van der Waals surface area contributed by atoms with Gasteiger partial charge in [0, 0.05) is 29.8 Å². The van der Waals surface area contributed by atoms with Crippen molar-refractivity contribution in [2.45, 2.75) is 38.5 Å². The molecule has 164 valence electrons. The van der Waals surface area contributed by atoms with E-state index in [9.17, 15) is 14.4 Å². The van der Waals surface area contributed by atoms with E-state index in [4.69, 9.17) is 4.74 Å². The molecular formula is C23H25BrN2O4S. The highest BCUT2D eigenvalue weighted by Gasteiger charge is 2.35. The summed E-state index contributed by atoms with van der Waals surface area (Å²) in [4.78, 5) is 40.8. The molecule has 31 heavy (non-hydrogen) atoms. The van der Waals surface area contributed by atoms with E-state index in [1.54, 1.807) is 12.3 Å². The number of anilines is 1. The lowest BCUT2D eigenvalue weighted by molar-refractivity contribution is -0.140. The molecular weight excluding hydrogens is 480 g/mol. The summed E-state index contributed by atoms with van der Waals surface area (Å²) >= 11 is 4.69. The van der Waals surface area contributed by atoms with Crippen molar-refractivity contribution in [3.05, 3.63) is 57.7 Å². The van der Waals surface area contributed by atoms with Crippen LogP contribution in [0.15, 0.2) is 41.0 Å². The Balaban J connectivity index is 1.81. The van der Waals surface area contributed by atoms with Crippen LogP contribution < -0.4 is 5.32 Å². The molecule has 1 N–H and O–H groups in total. The van der Waals surface area contributed by atoms with E-state index < -0.39 is 0 Å². The number of pyridine rings is 1. The predicted octanol–water partition coefficient (Wildman–Crippen LogP) is 4.51. The van der Waals surface area contributed by atoms with Crippen LogP contribution in [0.3, 0.4) is 0 Å². The van der Waals surface area contributed by atoms with Crippen LogP contribution in [0.5, 0.6) is 0 Å². The number of fused-ring (bicyclic) bond motifs is 1. The molecule has 1 amide bonds. The van der Waals surface area contributed by atoms with Gasteiger partial charge in [0.2, 0.25) is 5.91 Å². The number of carbonyl (C=O) groups is 3. The minimum Gasteiger partial charge on any atom is -0.469 e. The number of ether oxygens (including phenoxy) is 1. The number of carbonyl (C=O) groups excluding carboxylic acids is 3. The van der Waals surface area contributed by atoms with Crippen molar-refractivity contribution in [2.75, 3.05) is 18.2 Å². The van der Waals surface area contributed by atoms with Gasteiger partial charge in [0.05, 0.1) is 13.0 Å². The summed E-state index contributed by atoms with van der Waals surface area (Å²) in [5.74, 6) is 0.0522. The lowest BCUT2D eigenvalue weighted by Gasteiger charge is -2.23. The number of hydrogen-bond donors (Lipinski definition) is 1. The molecule has 3 rings (SSSR count). The molecule has 1 aromatic heterocycles. The van der Waals surface area contributed by atoms with Crippen LogP contribution in [0.4, 0.5) is 5.82 Å². The van der Waals surface area contributed by atoms with Gasteiger partial charge in [0.15, 0.2) is 5.12 Å². The quantitative estimate of drug-likeness (QED) is 0.532. The number of methoxy groups -OCH3 is 1. The van der Waals surface area contributed by atoms with Gasteiger partial charge in [0.1, 0.15) is 5.82 Å². The Morgan fingerprint density at radius 2 is 2.13 bits per heavy atom. The van der Waals surface area contributed by atoms with Gasteiger partial charge in [-0.05, 0) is 60.1 Å². The van der Waals surface area contributed by atoms with E-state index in [-0.39, 0.29) is 35.2 Å². The number of esters is 1. The molecule has 1 heterocycles. The molecule has 8 heteroatoms. The fourth-order valence-corrected chi connectivity index (χ4v) is 5.13. The molecule has 1 aromatic carbocycles. The van der Waals surface area contributed by atoms with Gasteiger partial charge in [-0.3, -0.25) is 14.4 Å². The van der Waals surface area contributed by atoms with Gasteiger partial charge in [-0.15, -0.1) is 0 Å². The summed E-state index contributed by atoms with van der Waals surface area (Å²) in [6.45, 7) is 1.52. The fourth-order valence-electron chi connectivity index (χ4n) is 3.92. The molecule has 1 aliphatic carbocycles. The van der Waals surface area contributed by atoms with Crippen LogP contribution in [-0.4, -0.2) is 34.8 Å². The molecule has 0 saturated heterocycles. The van der Waals surface area contributed by atoms with Gasteiger partial charge in [-0.25, -0.2) is 4.98 Å². The van der Waals surface area contributed by atoms with E-state index >= 15 is 0 Å². The van der Waals surface area contributed by atoms with E-state index in [2.05, 4.69) is 38.4 Å². The van der Waals surface area contributed by atoms with Crippen molar-refractivity contribution in [3.63, 3.8) is 0 Å². The number of hydrogen-bond acceptors (Lipinski definition) is 6. The smallest absolute Gasteiger partial charge is 0.305 e. The highest BCUT2D eigenvalue weighted by Crippen LogP contribution is 2.41. The number of rotatable bonds is 8. The molecule has 6 nitrogen and oxygen atoms in total. The maximum Gasteiger partial charge on any atom is 0.305 e. The van der Waals surface area contributed by atoms with E-state index in [0.717, 1.165) is 22.9 Å². The zero-order valence-electron chi connectivity index (χ0n) is 17.5. The van der Waals surface area contributed by atoms with E-state index in [1.165, 1.54) is 36.9 Å². The lowest BCUT2D eigenvalue weighted by atomic mass is 9.87.